The predicted molar refractivity (Wildman–Crippen MR) is 90.4 cm³/mol. The monoisotopic (exact) mass is 346 g/mol. The van der Waals surface area contributed by atoms with Crippen molar-refractivity contribution in [2.24, 2.45) is 11.7 Å². The lowest BCUT2D eigenvalue weighted by molar-refractivity contribution is 0.0977. The van der Waals surface area contributed by atoms with Crippen LogP contribution in [0.25, 0.3) is 0 Å². The highest BCUT2D eigenvalue weighted by Gasteiger charge is 2.28. The molecule has 23 heavy (non-hydrogen) atoms. The summed E-state index contributed by atoms with van der Waals surface area (Å²) in [6.07, 6.45) is 1.22. The fraction of sp³-hybridized carbons (Fsp3) is 0.312. The van der Waals surface area contributed by atoms with Crippen molar-refractivity contribution in [1.29, 1.82) is 0 Å². The molecule has 0 aliphatic carbocycles. The summed E-state index contributed by atoms with van der Waals surface area (Å²) in [6, 6.07) is 2.08. The molecule has 0 aromatic heterocycles. The molecule has 0 saturated carbocycles. The maximum Gasteiger partial charge on any atom is 0.194 e. The van der Waals surface area contributed by atoms with E-state index >= 15 is 0 Å². The number of hydrogen-bond acceptors (Lipinski definition) is 4. The Balaban J connectivity index is 0.000000868. The molecule has 7 heteroatoms. The maximum absolute atomic E-state index is 13.5. The van der Waals surface area contributed by atoms with Gasteiger partial charge in [-0.25, -0.2) is 13.2 Å². The largest absolute Gasteiger partial charge is 0.405 e. The van der Waals surface area contributed by atoms with Crippen molar-refractivity contribution < 1.29 is 18.3 Å². The minimum Gasteiger partial charge on any atom is -0.405 e. The molecule has 1 fully saturated rings. The number of thiocarbonyl (C=S) groups is 1. The van der Waals surface area contributed by atoms with Crippen LogP contribution in [-0.4, -0.2) is 23.6 Å². The lowest BCUT2D eigenvalue weighted by atomic mass is 9.87. The van der Waals surface area contributed by atoms with Crippen molar-refractivity contribution >= 4 is 18.1 Å². The lowest BCUT2D eigenvalue weighted by Gasteiger charge is -2.31. The smallest absolute Gasteiger partial charge is 0.194 e. The van der Waals surface area contributed by atoms with Crippen LogP contribution in [0, 0.1) is 23.4 Å². The van der Waals surface area contributed by atoms with Crippen molar-refractivity contribution in [2.45, 2.75) is 18.9 Å². The molecular formula is C16H21F3N2OS. The van der Waals surface area contributed by atoms with Crippen molar-refractivity contribution in [2.75, 3.05) is 6.54 Å². The predicted octanol–water partition coefficient (Wildman–Crippen LogP) is 2.84. The second-order valence-electron chi connectivity index (χ2n) is 4.69. The van der Waals surface area contributed by atoms with Gasteiger partial charge < -0.3 is 16.2 Å². The summed E-state index contributed by atoms with van der Waals surface area (Å²) < 4.78 is 39.4. The van der Waals surface area contributed by atoms with Gasteiger partial charge >= 0.3 is 0 Å². The van der Waals surface area contributed by atoms with Crippen LogP contribution in [0.5, 0.6) is 0 Å². The quantitative estimate of drug-likeness (QED) is 0.569. The minimum absolute atomic E-state index is 0.0443. The van der Waals surface area contributed by atoms with E-state index in [-0.39, 0.29) is 12.0 Å². The van der Waals surface area contributed by atoms with Gasteiger partial charge in [-0.05, 0) is 36.5 Å². The molecule has 1 heterocycles. The highest BCUT2D eigenvalue weighted by atomic mass is 32.1. The Labute approximate surface area is 139 Å². The first-order valence-corrected chi connectivity index (χ1v) is 7.34. The van der Waals surface area contributed by atoms with E-state index in [2.05, 4.69) is 42.3 Å². The molecule has 128 valence electrons. The van der Waals surface area contributed by atoms with Gasteiger partial charge in [-0.15, -0.1) is 0 Å². The van der Waals surface area contributed by atoms with Gasteiger partial charge in [0.2, 0.25) is 0 Å². The zero-order valence-electron chi connectivity index (χ0n) is 12.7. The fourth-order valence-electron chi connectivity index (χ4n) is 2.16. The van der Waals surface area contributed by atoms with Crippen LogP contribution in [0.2, 0.25) is 0 Å². The van der Waals surface area contributed by atoms with Crippen LogP contribution >= 0.6 is 12.2 Å². The third kappa shape index (κ3) is 6.03. The van der Waals surface area contributed by atoms with E-state index in [1.807, 2.05) is 0 Å². The Bertz CT molecular complexity index is 540. The molecular weight excluding hydrogens is 325 g/mol. The first kappa shape index (κ1) is 21.1. The van der Waals surface area contributed by atoms with Crippen molar-refractivity contribution in [3.63, 3.8) is 0 Å². The molecule has 1 aromatic carbocycles. The van der Waals surface area contributed by atoms with Gasteiger partial charge in [0.05, 0.1) is 6.10 Å². The van der Waals surface area contributed by atoms with Crippen molar-refractivity contribution in [3.8, 4) is 0 Å². The van der Waals surface area contributed by atoms with E-state index in [9.17, 15) is 18.3 Å². The number of rotatable bonds is 2. The third-order valence-electron chi connectivity index (χ3n) is 3.26. The molecule has 1 aliphatic heterocycles. The average molecular weight is 346 g/mol. The van der Waals surface area contributed by atoms with Crippen LogP contribution in [-0.2, 0) is 6.42 Å². The molecule has 3 nitrogen and oxygen atoms in total. The van der Waals surface area contributed by atoms with Gasteiger partial charge in [-0.1, -0.05) is 31.4 Å². The molecule has 2 atom stereocenters. The molecule has 0 amide bonds. The Morgan fingerprint density at radius 2 is 1.87 bits per heavy atom. The fourth-order valence-corrected chi connectivity index (χ4v) is 2.16. The number of hydrogen-bond donors (Lipinski definition) is 3. The molecule has 0 spiro atoms. The van der Waals surface area contributed by atoms with Gasteiger partial charge in [0, 0.05) is 18.2 Å². The third-order valence-corrected chi connectivity index (χ3v) is 3.26. The number of benzene rings is 1. The Morgan fingerprint density at radius 1 is 1.30 bits per heavy atom. The Hall–Kier alpha value is -1.86. The molecule has 1 aromatic rings. The van der Waals surface area contributed by atoms with Gasteiger partial charge in [-0.2, -0.15) is 0 Å². The van der Waals surface area contributed by atoms with Gasteiger partial charge in [-0.3, -0.25) is 0 Å². The van der Waals surface area contributed by atoms with Crippen molar-refractivity contribution in [3.05, 3.63) is 60.2 Å². The van der Waals surface area contributed by atoms with E-state index in [1.165, 1.54) is 12.3 Å². The first-order valence-electron chi connectivity index (χ1n) is 6.77. The van der Waals surface area contributed by atoms with E-state index in [4.69, 9.17) is 0 Å². The molecule has 2 rings (SSSR count). The number of aliphatic hydroxyl groups is 1. The zero-order chi connectivity index (χ0) is 18.0. The minimum atomic E-state index is -1.48. The lowest BCUT2D eigenvalue weighted by Crippen LogP contribution is -2.38. The topological polar surface area (TPSA) is 58.3 Å². The molecule has 1 saturated heterocycles. The molecule has 0 bridgehead atoms. The number of halogens is 3. The second kappa shape index (κ2) is 10.8. The number of aliphatic hydroxyl groups excluding tert-OH is 1. The SMILES string of the molecule is C=C1NCCC(O)C1Cc1ccc(F)c(F)c1F.C=CN.C=S. The summed E-state index contributed by atoms with van der Waals surface area (Å²) >= 11 is 3.83. The normalized spacial score (nSPS) is 19.4. The zero-order valence-corrected chi connectivity index (χ0v) is 13.5. The van der Waals surface area contributed by atoms with E-state index in [0.717, 1.165) is 6.07 Å². The summed E-state index contributed by atoms with van der Waals surface area (Å²) in [7, 11) is 0. The van der Waals surface area contributed by atoms with Crippen LogP contribution in [0.4, 0.5) is 13.2 Å². The standard InChI is InChI=1S/C13H14F3NO.C2H5N.CH2S/c1-7-9(11(18)4-5-17-7)6-8-2-3-10(14)13(16)12(8)15;1-2-3;1-2/h2-3,9,11,17-18H,1,4-6H2;2H,1,3H2;1H2. The van der Waals surface area contributed by atoms with E-state index < -0.39 is 29.5 Å². The second-order valence-corrected chi connectivity index (χ2v) is 4.69. The summed E-state index contributed by atoms with van der Waals surface area (Å²) in [6.45, 7) is 7.50. The summed E-state index contributed by atoms with van der Waals surface area (Å²) in [5.41, 5.74) is 5.25. The van der Waals surface area contributed by atoms with E-state index in [1.54, 1.807) is 0 Å². The summed E-state index contributed by atoms with van der Waals surface area (Å²) in [5, 5.41) is 12.8. The van der Waals surface area contributed by atoms with Crippen molar-refractivity contribution in [1.82, 2.24) is 5.32 Å². The Morgan fingerprint density at radius 3 is 2.39 bits per heavy atom. The molecule has 2 unspecified atom stereocenters. The van der Waals surface area contributed by atoms with Crippen LogP contribution < -0.4 is 11.1 Å². The van der Waals surface area contributed by atoms with Crippen LogP contribution in [0.1, 0.15) is 12.0 Å². The number of piperidine rings is 1. The first-order chi connectivity index (χ1) is 10.9. The average Bonchev–Trinajstić information content (AvgIpc) is 2.53. The molecule has 0 radical (unpaired) electrons. The number of nitrogens with two attached hydrogens (primary N) is 1. The molecule has 4 N–H and O–H groups in total. The van der Waals surface area contributed by atoms with E-state index in [0.29, 0.717) is 18.7 Å². The summed E-state index contributed by atoms with van der Waals surface area (Å²) in [5.74, 6) is -1.44. The van der Waals surface area contributed by atoms with Crippen LogP contribution in [0.3, 0.4) is 0 Å². The highest BCUT2D eigenvalue weighted by molar-refractivity contribution is 7.77. The van der Waals surface area contributed by atoms with Gasteiger partial charge in [0.1, 0.15) is 0 Å². The van der Waals surface area contributed by atoms with Gasteiger partial charge in [0.25, 0.3) is 0 Å². The maximum atomic E-state index is 13.5. The summed E-state index contributed by atoms with van der Waals surface area (Å²) in [4.78, 5) is 0. The molecule has 1 aliphatic rings. The number of nitrogens with one attached hydrogen (secondary N) is 1. The Kier molecular flexibility index (Phi) is 9.92. The van der Waals surface area contributed by atoms with Crippen LogP contribution in [0.15, 0.2) is 37.2 Å². The highest BCUT2D eigenvalue weighted by Crippen LogP contribution is 2.26. The van der Waals surface area contributed by atoms with Gasteiger partial charge in [0.15, 0.2) is 17.5 Å².